The van der Waals surface area contributed by atoms with Crippen LogP contribution in [0.25, 0.3) is 113 Å². The highest BCUT2D eigenvalue weighted by atomic mass is 32.1. The van der Waals surface area contributed by atoms with Crippen LogP contribution in [0, 0.1) is 0 Å². The molecule has 0 bridgehead atoms. The minimum absolute atomic E-state index is 0.201. The number of hydrogen-bond donors (Lipinski definition) is 0. The van der Waals surface area contributed by atoms with Crippen LogP contribution < -0.4 is 0 Å². The lowest BCUT2D eigenvalue weighted by molar-refractivity contribution is 0.659. The van der Waals surface area contributed by atoms with Gasteiger partial charge in [-0.1, -0.05) is 153 Å². The highest BCUT2D eigenvalue weighted by Crippen LogP contribution is 2.52. The third-order valence-corrected chi connectivity index (χ3v) is 14.2. The van der Waals surface area contributed by atoms with Gasteiger partial charge in [-0.25, -0.2) is 4.98 Å². The Balaban J connectivity index is 1.26. The van der Waals surface area contributed by atoms with Crippen LogP contribution in [0.3, 0.4) is 0 Å². The number of nitrogens with zero attached hydrogens (tertiary/aromatic N) is 2. The fourth-order valence-electron chi connectivity index (χ4n) is 10.3. The molecule has 2 nitrogen and oxygen atoms in total. The van der Waals surface area contributed by atoms with Gasteiger partial charge in [-0.2, -0.15) is 0 Å². The average Bonchev–Trinajstić information content (AvgIpc) is 3.87. The van der Waals surface area contributed by atoms with E-state index in [0.29, 0.717) is 0 Å². The van der Waals surface area contributed by atoms with Crippen molar-refractivity contribution < 1.29 is 0 Å². The smallest absolute Gasteiger partial charge is 0.146 e. The zero-order chi connectivity index (χ0) is 37.6. The van der Waals surface area contributed by atoms with Crippen molar-refractivity contribution in [2.24, 2.45) is 0 Å². The van der Waals surface area contributed by atoms with Crippen LogP contribution in [-0.4, -0.2) is 9.55 Å². The van der Waals surface area contributed by atoms with E-state index in [0.717, 1.165) is 28.1 Å². The van der Waals surface area contributed by atoms with Gasteiger partial charge in [0.15, 0.2) is 0 Å². The minimum Gasteiger partial charge on any atom is -0.293 e. The van der Waals surface area contributed by atoms with Crippen molar-refractivity contribution in [3.8, 4) is 28.2 Å². The summed E-state index contributed by atoms with van der Waals surface area (Å²) in [5.41, 5.74) is 9.40. The molecule has 9 aromatic carbocycles. The summed E-state index contributed by atoms with van der Waals surface area (Å²) < 4.78 is 5.09. The van der Waals surface area contributed by atoms with Crippen molar-refractivity contribution in [2.75, 3.05) is 0 Å². The third-order valence-electron chi connectivity index (χ3n) is 12.9. The maximum Gasteiger partial charge on any atom is 0.146 e. The summed E-state index contributed by atoms with van der Waals surface area (Å²) in [6.07, 6.45) is 0. The van der Waals surface area contributed by atoms with Gasteiger partial charge in [0.2, 0.25) is 0 Å². The molecular weight excluding hydrogens is 709 g/mol. The fourth-order valence-corrected chi connectivity index (χ4v) is 11.5. The van der Waals surface area contributed by atoms with Crippen molar-refractivity contribution in [1.82, 2.24) is 9.55 Å². The highest BCUT2D eigenvalue weighted by Gasteiger charge is 2.38. The Morgan fingerprint density at radius 3 is 1.86 bits per heavy atom. The zero-order valence-electron chi connectivity index (χ0n) is 31.5. The van der Waals surface area contributed by atoms with E-state index < -0.39 is 0 Å². The molecule has 0 atom stereocenters. The van der Waals surface area contributed by atoms with Gasteiger partial charge < -0.3 is 0 Å². The standard InChI is InChI=1S/C54H34N2S/c1-54(2)44-24-11-9-21-41(44)51-45(54)30-42(40-23-13-22-39-36-19-10-12-25-48(36)57-52(39)40)53(55-51)56-46-27-26-38-35-18-6-5-16-33(35)34-17-7-8-20-37(34)49(38)50(46)43-28-31-14-3-4-15-32(31)29-47(43)56/h3-30H,1-2H3. The number of rotatable bonds is 2. The van der Waals surface area contributed by atoms with Gasteiger partial charge in [0.1, 0.15) is 5.82 Å². The molecule has 0 fully saturated rings. The number of hydrogen-bond acceptors (Lipinski definition) is 2. The summed E-state index contributed by atoms with van der Waals surface area (Å²) in [5, 5.41) is 15.2. The molecule has 0 saturated heterocycles. The summed E-state index contributed by atoms with van der Waals surface area (Å²) in [4.78, 5) is 5.91. The Morgan fingerprint density at radius 2 is 1.05 bits per heavy atom. The molecule has 1 aliphatic rings. The molecule has 1 aliphatic carbocycles. The summed E-state index contributed by atoms with van der Waals surface area (Å²) in [7, 11) is 0. The lowest BCUT2D eigenvalue weighted by Crippen LogP contribution is -2.16. The molecule has 0 N–H and O–H groups in total. The summed E-state index contributed by atoms with van der Waals surface area (Å²) >= 11 is 1.89. The SMILES string of the molecule is CC1(C)c2ccccc2-c2nc(-n3c4cc5ccccc5cc4c4c5c6ccccc6c6ccccc6c5ccc43)c(-c3cccc4c3sc3ccccc34)cc21. The van der Waals surface area contributed by atoms with Crippen LogP contribution in [-0.2, 0) is 5.41 Å². The highest BCUT2D eigenvalue weighted by molar-refractivity contribution is 7.26. The monoisotopic (exact) mass is 742 g/mol. The van der Waals surface area contributed by atoms with Gasteiger partial charge in [-0.05, 0) is 79.2 Å². The van der Waals surface area contributed by atoms with Crippen LogP contribution in [0.2, 0.25) is 0 Å². The molecule has 0 spiro atoms. The predicted molar refractivity (Wildman–Crippen MR) is 244 cm³/mol. The number of fused-ring (bicyclic) bond motifs is 17. The van der Waals surface area contributed by atoms with Crippen molar-refractivity contribution in [2.45, 2.75) is 19.3 Å². The Bertz CT molecular complexity index is 3690. The first-order chi connectivity index (χ1) is 28.0. The van der Waals surface area contributed by atoms with Gasteiger partial charge in [0, 0.05) is 58.4 Å². The van der Waals surface area contributed by atoms with Crippen LogP contribution >= 0.6 is 11.3 Å². The van der Waals surface area contributed by atoms with Crippen LogP contribution in [0.4, 0.5) is 0 Å². The average molecular weight is 743 g/mol. The van der Waals surface area contributed by atoms with Gasteiger partial charge in [0.25, 0.3) is 0 Å². The Labute approximate surface area is 332 Å². The topological polar surface area (TPSA) is 17.8 Å². The largest absolute Gasteiger partial charge is 0.293 e. The maximum atomic E-state index is 5.91. The first-order valence-electron chi connectivity index (χ1n) is 19.8. The lowest BCUT2D eigenvalue weighted by atomic mass is 9.82. The molecular formula is C54H34N2S. The molecule has 57 heavy (non-hydrogen) atoms. The molecule has 266 valence electrons. The number of benzene rings is 9. The van der Waals surface area contributed by atoms with Crippen molar-refractivity contribution >= 4 is 96.4 Å². The van der Waals surface area contributed by atoms with Gasteiger partial charge in [-0.15, -0.1) is 11.3 Å². The van der Waals surface area contributed by atoms with Crippen LogP contribution in [0.1, 0.15) is 25.0 Å². The second kappa shape index (κ2) is 11.2. The van der Waals surface area contributed by atoms with E-state index in [4.69, 9.17) is 4.98 Å². The van der Waals surface area contributed by atoms with Crippen LogP contribution in [0.5, 0.6) is 0 Å². The van der Waals surface area contributed by atoms with E-state index in [9.17, 15) is 0 Å². The predicted octanol–water partition coefficient (Wildman–Crippen LogP) is 15.1. The van der Waals surface area contributed by atoms with E-state index in [2.05, 4.69) is 188 Å². The van der Waals surface area contributed by atoms with E-state index in [1.807, 2.05) is 11.3 Å². The van der Waals surface area contributed by atoms with Gasteiger partial charge in [-0.3, -0.25) is 4.57 Å². The van der Waals surface area contributed by atoms with E-state index in [1.165, 1.54) is 96.3 Å². The third kappa shape index (κ3) is 4.11. The number of pyridine rings is 1. The number of thiophene rings is 1. The molecule has 0 amide bonds. The van der Waals surface area contributed by atoms with E-state index in [-0.39, 0.29) is 5.41 Å². The van der Waals surface area contributed by atoms with Gasteiger partial charge in [0.05, 0.1) is 16.7 Å². The van der Waals surface area contributed by atoms with Gasteiger partial charge >= 0.3 is 0 Å². The Morgan fingerprint density at radius 1 is 0.439 bits per heavy atom. The van der Waals surface area contributed by atoms with E-state index in [1.54, 1.807) is 0 Å². The van der Waals surface area contributed by atoms with Crippen molar-refractivity contribution in [3.05, 3.63) is 181 Å². The zero-order valence-corrected chi connectivity index (χ0v) is 32.3. The molecule has 0 aliphatic heterocycles. The Kier molecular flexibility index (Phi) is 6.15. The molecule has 3 heteroatoms. The molecule has 13 rings (SSSR count). The summed E-state index contributed by atoms with van der Waals surface area (Å²) in [5.74, 6) is 0.964. The fraction of sp³-hybridized carbons (Fsp3) is 0.0556. The molecule has 0 radical (unpaired) electrons. The maximum absolute atomic E-state index is 5.91. The molecule has 0 saturated carbocycles. The molecule has 12 aromatic rings. The first kappa shape index (κ1) is 31.4. The Hall–Kier alpha value is -6.81. The normalized spacial score (nSPS) is 13.6. The second-order valence-corrected chi connectivity index (χ2v) is 17.3. The summed E-state index contributed by atoms with van der Waals surface area (Å²) in [6.45, 7) is 4.72. The minimum atomic E-state index is -0.201. The first-order valence-corrected chi connectivity index (χ1v) is 20.6. The molecule has 0 unspecified atom stereocenters. The van der Waals surface area contributed by atoms with Crippen molar-refractivity contribution in [3.63, 3.8) is 0 Å². The lowest BCUT2D eigenvalue weighted by Gasteiger charge is -2.23. The van der Waals surface area contributed by atoms with Crippen molar-refractivity contribution in [1.29, 1.82) is 0 Å². The quantitative estimate of drug-likeness (QED) is 0.161. The number of aromatic nitrogens is 2. The van der Waals surface area contributed by atoms with E-state index >= 15 is 0 Å². The molecule has 3 aromatic heterocycles. The summed E-state index contributed by atoms with van der Waals surface area (Å²) in [6, 6.07) is 63.2. The molecule has 3 heterocycles. The van der Waals surface area contributed by atoms with Crippen LogP contribution in [0.15, 0.2) is 170 Å². The second-order valence-electron chi connectivity index (χ2n) is 16.2.